The molecule has 0 unspecified atom stereocenters. The van der Waals surface area contributed by atoms with Crippen molar-refractivity contribution in [3.05, 3.63) is 83.9 Å². The summed E-state index contributed by atoms with van der Waals surface area (Å²) in [6.07, 6.45) is -1.06. The predicted molar refractivity (Wildman–Crippen MR) is 110 cm³/mol. The van der Waals surface area contributed by atoms with Crippen LogP contribution in [0, 0.1) is 0 Å². The van der Waals surface area contributed by atoms with Gasteiger partial charge in [-0.25, -0.2) is 0 Å². The molecule has 0 saturated carbocycles. The molecule has 0 aliphatic heterocycles. The van der Waals surface area contributed by atoms with Crippen molar-refractivity contribution < 1.29 is 19.1 Å². The lowest BCUT2D eigenvalue weighted by atomic mass is 10.1. The van der Waals surface area contributed by atoms with Gasteiger partial charge in [-0.3, -0.25) is 14.4 Å². The van der Waals surface area contributed by atoms with Crippen molar-refractivity contribution in [2.24, 2.45) is 0 Å². The van der Waals surface area contributed by atoms with Crippen LogP contribution >= 0.6 is 0 Å². The Morgan fingerprint density at radius 1 is 0.897 bits per heavy atom. The SMILES string of the molecule is CN(C)C(=O)[C@@H](OC(=O)CNC(=O)c1ccc2ccccc2c1)c1ccccc1. The minimum Gasteiger partial charge on any atom is -0.446 e. The monoisotopic (exact) mass is 390 g/mol. The smallest absolute Gasteiger partial charge is 0.326 e. The van der Waals surface area contributed by atoms with E-state index in [0.717, 1.165) is 10.8 Å². The zero-order chi connectivity index (χ0) is 20.8. The zero-order valence-electron chi connectivity index (χ0n) is 16.3. The van der Waals surface area contributed by atoms with E-state index in [-0.39, 0.29) is 18.4 Å². The maximum Gasteiger partial charge on any atom is 0.326 e. The Balaban J connectivity index is 1.65. The van der Waals surface area contributed by atoms with Crippen LogP contribution < -0.4 is 5.32 Å². The Bertz CT molecular complexity index is 1030. The maximum absolute atomic E-state index is 12.4. The number of benzene rings is 3. The first-order chi connectivity index (χ1) is 14.0. The molecule has 0 radical (unpaired) electrons. The first-order valence-corrected chi connectivity index (χ1v) is 9.18. The molecule has 0 aliphatic carbocycles. The molecule has 1 atom stereocenters. The quantitative estimate of drug-likeness (QED) is 0.657. The minimum absolute atomic E-state index is 0.338. The van der Waals surface area contributed by atoms with Crippen molar-refractivity contribution in [3.8, 4) is 0 Å². The summed E-state index contributed by atoms with van der Waals surface area (Å²) < 4.78 is 5.37. The van der Waals surface area contributed by atoms with Gasteiger partial charge >= 0.3 is 5.97 Å². The van der Waals surface area contributed by atoms with Gasteiger partial charge in [0.25, 0.3) is 11.8 Å². The molecule has 0 aliphatic rings. The molecule has 3 aromatic rings. The summed E-state index contributed by atoms with van der Waals surface area (Å²) >= 11 is 0. The number of nitrogens with zero attached hydrogens (tertiary/aromatic N) is 1. The van der Waals surface area contributed by atoms with E-state index in [2.05, 4.69) is 5.32 Å². The highest BCUT2D eigenvalue weighted by Crippen LogP contribution is 2.19. The van der Waals surface area contributed by atoms with Crippen LogP contribution in [0.4, 0.5) is 0 Å². The summed E-state index contributed by atoms with van der Waals surface area (Å²) in [6.45, 7) is -0.338. The number of hydrogen-bond donors (Lipinski definition) is 1. The molecule has 0 heterocycles. The number of carbonyl (C=O) groups is 3. The highest BCUT2D eigenvalue weighted by atomic mass is 16.5. The van der Waals surface area contributed by atoms with Gasteiger partial charge in [-0.2, -0.15) is 0 Å². The minimum atomic E-state index is -1.06. The molecule has 0 saturated heterocycles. The van der Waals surface area contributed by atoms with E-state index in [1.54, 1.807) is 50.5 Å². The van der Waals surface area contributed by atoms with Gasteiger partial charge in [0.05, 0.1) is 0 Å². The lowest BCUT2D eigenvalue weighted by molar-refractivity contribution is -0.158. The van der Waals surface area contributed by atoms with Crippen LogP contribution in [0.3, 0.4) is 0 Å². The predicted octanol–water partition coefficient (Wildman–Crippen LogP) is 2.94. The van der Waals surface area contributed by atoms with Crippen LogP contribution in [0.25, 0.3) is 10.8 Å². The number of amides is 2. The molecule has 0 bridgehead atoms. The van der Waals surface area contributed by atoms with E-state index < -0.39 is 12.1 Å². The van der Waals surface area contributed by atoms with E-state index in [4.69, 9.17) is 4.74 Å². The van der Waals surface area contributed by atoms with Gasteiger partial charge in [-0.1, -0.05) is 60.7 Å². The number of esters is 1. The first-order valence-electron chi connectivity index (χ1n) is 9.18. The van der Waals surface area contributed by atoms with Gasteiger partial charge in [-0.15, -0.1) is 0 Å². The zero-order valence-corrected chi connectivity index (χ0v) is 16.3. The summed E-state index contributed by atoms with van der Waals surface area (Å²) in [4.78, 5) is 38.5. The maximum atomic E-state index is 12.4. The van der Waals surface area contributed by atoms with Gasteiger partial charge in [0.15, 0.2) is 0 Å². The lowest BCUT2D eigenvalue weighted by Crippen LogP contribution is -2.35. The molecule has 1 N–H and O–H groups in total. The van der Waals surface area contributed by atoms with E-state index in [1.807, 2.05) is 36.4 Å². The van der Waals surface area contributed by atoms with Crippen LogP contribution in [-0.2, 0) is 14.3 Å². The fraction of sp³-hybridized carbons (Fsp3) is 0.174. The number of rotatable bonds is 6. The summed E-state index contributed by atoms with van der Waals surface area (Å²) in [5, 5.41) is 4.51. The third-order valence-corrected chi connectivity index (χ3v) is 4.42. The van der Waals surface area contributed by atoms with Gasteiger partial charge in [0.1, 0.15) is 6.54 Å². The lowest BCUT2D eigenvalue weighted by Gasteiger charge is -2.21. The molecule has 6 heteroatoms. The van der Waals surface area contributed by atoms with Crippen LogP contribution in [-0.4, -0.2) is 43.3 Å². The summed E-state index contributed by atoms with van der Waals surface area (Å²) in [5.41, 5.74) is 1.01. The average Bonchev–Trinajstić information content (AvgIpc) is 2.75. The van der Waals surface area contributed by atoms with Crippen molar-refractivity contribution in [2.45, 2.75) is 6.10 Å². The molecular weight excluding hydrogens is 368 g/mol. The third kappa shape index (κ3) is 4.99. The second-order valence-corrected chi connectivity index (χ2v) is 6.76. The van der Waals surface area contributed by atoms with E-state index >= 15 is 0 Å². The average molecular weight is 390 g/mol. The van der Waals surface area contributed by atoms with E-state index in [9.17, 15) is 14.4 Å². The Hall–Kier alpha value is -3.67. The van der Waals surface area contributed by atoms with Crippen molar-refractivity contribution in [3.63, 3.8) is 0 Å². The van der Waals surface area contributed by atoms with Gasteiger partial charge in [0.2, 0.25) is 6.10 Å². The number of fused-ring (bicyclic) bond motifs is 1. The highest BCUT2D eigenvalue weighted by Gasteiger charge is 2.26. The Labute approximate surface area is 169 Å². The summed E-state index contributed by atoms with van der Waals surface area (Å²) in [7, 11) is 3.18. The van der Waals surface area contributed by atoms with E-state index in [1.165, 1.54) is 4.90 Å². The Morgan fingerprint density at radius 2 is 1.55 bits per heavy atom. The summed E-state index contributed by atoms with van der Waals surface area (Å²) in [6, 6.07) is 21.8. The second-order valence-electron chi connectivity index (χ2n) is 6.76. The third-order valence-electron chi connectivity index (χ3n) is 4.42. The summed E-state index contributed by atoms with van der Waals surface area (Å²) in [5.74, 6) is -1.43. The Morgan fingerprint density at radius 3 is 2.24 bits per heavy atom. The molecule has 6 nitrogen and oxygen atoms in total. The molecule has 148 valence electrons. The first kappa shape index (κ1) is 20.1. The number of carbonyl (C=O) groups excluding carboxylic acids is 3. The normalized spacial score (nSPS) is 11.5. The van der Waals surface area contributed by atoms with Crippen molar-refractivity contribution >= 4 is 28.6 Å². The molecule has 29 heavy (non-hydrogen) atoms. The highest BCUT2D eigenvalue weighted by molar-refractivity contribution is 5.99. The number of nitrogens with one attached hydrogen (secondary N) is 1. The fourth-order valence-electron chi connectivity index (χ4n) is 2.88. The van der Waals surface area contributed by atoms with Crippen LogP contribution in [0.5, 0.6) is 0 Å². The molecule has 0 aromatic heterocycles. The van der Waals surface area contributed by atoms with Crippen LogP contribution in [0.2, 0.25) is 0 Å². The molecular formula is C23H22N2O4. The Kier molecular flexibility index (Phi) is 6.24. The van der Waals surface area contributed by atoms with Gasteiger partial charge in [0, 0.05) is 25.2 Å². The molecule has 0 fully saturated rings. The largest absolute Gasteiger partial charge is 0.446 e. The molecule has 0 spiro atoms. The number of hydrogen-bond acceptors (Lipinski definition) is 4. The topological polar surface area (TPSA) is 75.7 Å². The van der Waals surface area contributed by atoms with E-state index in [0.29, 0.717) is 11.1 Å². The fourth-order valence-corrected chi connectivity index (χ4v) is 2.88. The molecule has 3 aromatic carbocycles. The van der Waals surface area contributed by atoms with Crippen LogP contribution in [0.1, 0.15) is 22.0 Å². The standard InChI is InChI=1S/C23H22N2O4/c1-25(2)23(28)21(17-9-4-3-5-10-17)29-20(26)15-24-22(27)19-13-12-16-8-6-7-11-18(16)14-19/h3-14,21H,15H2,1-2H3,(H,24,27)/t21-/m0/s1. The van der Waals surface area contributed by atoms with Crippen molar-refractivity contribution in [1.29, 1.82) is 0 Å². The molecule has 3 rings (SSSR count). The number of ether oxygens (including phenoxy) is 1. The van der Waals surface area contributed by atoms with Crippen LogP contribution in [0.15, 0.2) is 72.8 Å². The van der Waals surface area contributed by atoms with Gasteiger partial charge < -0.3 is 15.0 Å². The van der Waals surface area contributed by atoms with Crippen molar-refractivity contribution in [2.75, 3.05) is 20.6 Å². The second kappa shape index (κ2) is 9.01. The molecule has 2 amide bonds. The number of likely N-dealkylation sites (N-methyl/N-ethyl adjacent to an activating group) is 1. The van der Waals surface area contributed by atoms with Gasteiger partial charge in [-0.05, 0) is 22.9 Å². The van der Waals surface area contributed by atoms with Crippen molar-refractivity contribution in [1.82, 2.24) is 10.2 Å².